The summed E-state index contributed by atoms with van der Waals surface area (Å²) in [5.41, 5.74) is 4.91. The minimum absolute atomic E-state index is 0.0359. The number of anilines is 1. The lowest BCUT2D eigenvalue weighted by atomic mass is 9.98. The normalized spacial score (nSPS) is 18.1. The predicted molar refractivity (Wildman–Crippen MR) is 143 cm³/mol. The summed E-state index contributed by atoms with van der Waals surface area (Å²) in [4.78, 5) is 22.3. The smallest absolute Gasteiger partial charge is 0.227 e. The van der Waals surface area contributed by atoms with Crippen LogP contribution in [0.4, 0.5) is 10.1 Å². The highest BCUT2D eigenvalue weighted by Gasteiger charge is 2.35. The number of hydrogen-bond acceptors (Lipinski definition) is 6. The first-order valence-electron chi connectivity index (χ1n) is 13.1. The van der Waals surface area contributed by atoms with Gasteiger partial charge in [0.15, 0.2) is 11.6 Å². The average molecular weight is 521 g/mol. The van der Waals surface area contributed by atoms with E-state index in [2.05, 4.69) is 10.1 Å². The standard InChI is InChI=1S/C23H21FN4O3.C6H12O/c1-12-22(13(2)31-27-12)14-4-6-17-18(10-14)26-23(25-17)19-7-9-21(29)28(19)15-5-8-20(30-3)16(24)11-15;7-6-4-2-1-3-5-6/h4-6,8,10-11,19H,7,9H2,1-3H3,(H,25,26);6-7H,1-5H2/t19-;/m0./s1. The summed E-state index contributed by atoms with van der Waals surface area (Å²) in [5.74, 6) is 1.000. The summed E-state index contributed by atoms with van der Waals surface area (Å²) >= 11 is 0. The molecule has 2 aromatic heterocycles. The van der Waals surface area contributed by atoms with Crippen molar-refractivity contribution < 1.29 is 23.6 Å². The lowest BCUT2D eigenvalue weighted by Crippen LogP contribution is -2.28. The number of carbonyl (C=O) groups is 1. The van der Waals surface area contributed by atoms with E-state index in [0.717, 1.165) is 46.5 Å². The number of aliphatic hydroxyl groups is 1. The van der Waals surface area contributed by atoms with Crippen LogP contribution in [-0.2, 0) is 4.79 Å². The molecule has 1 saturated heterocycles. The number of amides is 1. The van der Waals surface area contributed by atoms with Crippen molar-refractivity contribution >= 4 is 22.6 Å². The van der Waals surface area contributed by atoms with Crippen LogP contribution in [0, 0.1) is 19.7 Å². The van der Waals surface area contributed by atoms with Gasteiger partial charge < -0.3 is 24.3 Å². The molecule has 1 atom stereocenters. The topological polar surface area (TPSA) is 104 Å². The number of methoxy groups -OCH3 is 1. The van der Waals surface area contributed by atoms with Gasteiger partial charge in [0.1, 0.15) is 11.6 Å². The molecule has 1 aliphatic carbocycles. The van der Waals surface area contributed by atoms with Gasteiger partial charge >= 0.3 is 0 Å². The maximum Gasteiger partial charge on any atom is 0.227 e. The summed E-state index contributed by atoms with van der Waals surface area (Å²) in [5, 5.41) is 12.9. The molecule has 1 saturated carbocycles. The minimum Gasteiger partial charge on any atom is -0.494 e. The van der Waals surface area contributed by atoms with Crippen LogP contribution in [0.15, 0.2) is 40.9 Å². The van der Waals surface area contributed by atoms with E-state index in [1.165, 1.54) is 38.5 Å². The zero-order valence-corrected chi connectivity index (χ0v) is 22.0. The molecule has 0 unspecified atom stereocenters. The van der Waals surface area contributed by atoms with E-state index in [1.807, 2.05) is 32.0 Å². The fourth-order valence-corrected chi connectivity index (χ4v) is 5.39. The Bertz CT molecular complexity index is 1420. The maximum atomic E-state index is 14.3. The number of aryl methyl sites for hydroxylation is 2. The summed E-state index contributed by atoms with van der Waals surface area (Å²) in [6.45, 7) is 3.79. The van der Waals surface area contributed by atoms with Crippen LogP contribution in [0.2, 0.25) is 0 Å². The second kappa shape index (κ2) is 10.9. The van der Waals surface area contributed by atoms with Crippen LogP contribution < -0.4 is 9.64 Å². The van der Waals surface area contributed by atoms with Gasteiger partial charge in [0, 0.05) is 23.7 Å². The number of ether oxygens (including phenoxy) is 1. The van der Waals surface area contributed by atoms with Gasteiger partial charge in [-0.05, 0) is 62.9 Å². The molecule has 2 aliphatic rings. The summed E-state index contributed by atoms with van der Waals surface area (Å²) in [6, 6.07) is 10.2. The maximum absolute atomic E-state index is 14.3. The van der Waals surface area contributed by atoms with Gasteiger partial charge in [-0.25, -0.2) is 9.37 Å². The highest BCUT2D eigenvalue weighted by Crippen LogP contribution is 2.38. The first kappa shape index (κ1) is 25.9. The van der Waals surface area contributed by atoms with Gasteiger partial charge in [-0.1, -0.05) is 30.5 Å². The van der Waals surface area contributed by atoms with Gasteiger partial charge in [0.25, 0.3) is 0 Å². The second-order valence-electron chi connectivity index (χ2n) is 9.98. The molecule has 2 aromatic carbocycles. The zero-order chi connectivity index (χ0) is 26.8. The van der Waals surface area contributed by atoms with Crippen LogP contribution in [0.25, 0.3) is 22.2 Å². The van der Waals surface area contributed by atoms with Crippen molar-refractivity contribution in [3.05, 3.63) is 59.5 Å². The second-order valence-corrected chi connectivity index (χ2v) is 9.98. The van der Waals surface area contributed by atoms with Crippen molar-refractivity contribution in [3.63, 3.8) is 0 Å². The van der Waals surface area contributed by atoms with Gasteiger partial charge in [0.2, 0.25) is 5.91 Å². The number of carbonyl (C=O) groups excluding carboxylic acids is 1. The molecule has 6 rings (SSSR count). The SMILES string of the molecule is COc1ccc(N2C(=O)CC[C@H]2c2nc3ccc(-c4c(C)noc4C)cc3[nH]2)cc1F.OC1CCCCC1. The summed E-state index contributed by atoms with van der Waals surface area (Å²) in [7, 11) is 1.41. The fourth-order valence-electron chi connectivity index (χ4n) is 5.39. The van der Waals surface area contributed by atoms with E-state index >= 15 is 0 Å². The molecule has 38 heavy (non-hydrogen) atoms. The first-order chi connectivity index (χ1) is 18.4. The molecule has 0 radical (unpaired) electrons. The fraction of sp³-hybridized carbons (Fsp3) is 0.414. The molecule has 8 nitrogen and oxygen atoms in total. The Morgan fingerprint density at radius 2 is 1.89 bits per heavy atom. The van der Waals surface area contributed by atoms with Crippen molar-refractivity contribution in [2.24, 2.45) is 0 Å². The Morgan fingerprint density at radius 3 is 2.53 bits per heavy atom. The third kappa shape index (κ3) is 5.15. The summed E-state index contributed by atoms with van der Waals surface area (Å²) < 4.78 is 24.6. The number of H-pyrrole nitrogens is 1. The van der Waals surface area contributed by atoms with E-state index in [0.29, 0.717) is 24.4 Å². The van der Waals surface area contributed by atoms with E-state index in [-0.39, 0.29) is 23.8 Å². The highest BCUT2D eigenvalue weighted by atomic mass is 19.1. The number of benzene rings is 2. The number of imidazole rings is 1. The molecule has 2 N–H and O–H groups in total. The molecule has 1 aliphatic heterocycles. The molecule has 2 fully saturated rings. The van der Waals surface area contributed by atoms with Gasteiger partial charge in [-0.3, -0.25) is 4.79 Å². The number of nitrogens with zero attached hydrogens (tertiary/aromatic N) is 3. The van der Waals surface area contributed by atoms with Crippen LogP contribution in [0.3, 0.4) is 0 Å². The van der Waals surface area contributed by atoms with Crippen LogP contribution >= 0.6 is 0 Å². The molecule has 200 valence electrons. The van der Waals surface area contributed by atoms with Crippen LogP contribution in [-0.4, -0.2) is 39.4 Å². The van der Waals surface area contributed by atoms with Gasteiger partial charge in [-0.15, -0.1) is 0 Å². The Morgan fingerprint density at radius 1 is 1.11 bits per heavy atom. The lowest BCUT2D eigenvalue weighted by Gasteiger charge is -2.23. The Kier molecular flexibility index (Phi) is 7.46. The third-order valence-electron chi connectivity index (χ3n) is 7.34. The molecule has 0 spiro atoms. The Hall–Kier alpha value is -3.72. The van der Waals surface area contributed by atoms with Crippen LogP contribution in [0.1, 0.15) is 68.3 Å². The van der Waals surface area contributed by atoms with Crippen molar-refractivity contribution in [2.75, 3.05) is 12.0 Å². The number of fused-ring (bicyclic) bond motifs is 1. The van der Waals surface area contributed by atoms with Crippen molar-refractivity contribution in [3.8, 4) is 16.9 Å². The van der Waals surface area contributed by atoms with Crippen molar-refractivity contribution in [2.45, 2.75) is 70.9 Å². The lowest BCUT2D eigenvalue weighted by molar-refractivity contribution is -0.117. The average Bonchev–Trinajstić information content (AvgIpc) is 3.60. The van der Waals surface area contributed by atoms with E-state index in [4.69, 9.17) is 19.4 Å². The van der Waals surface area contributed by atoms with Gasteiger partial charge in [0.05, 0.1) is 36.0 Å². The van der Waals surface area contributed by atoms with Gasteiger partial charge in [-0.2, -0.15) is 0 Å². The molecule has 1 amide bonds. The quantitative estimate of drug-likeness (QED) is 0.334. The van der Waals surface area contributed by atoms with Crippen molar-refractivity contribution in [1.29, 1.82) is 0 Å². The highest BCUT2D eigenvalue weighted by molar-refractivity contribution is 5.96. The number of aliphatic hydroxyl groups excluding tert-OH is 1. The zero-order valence-electron chi connectivity index (χ0n) is 22.0. The predicted octanol–water partition coefficient (Wildman–Crippen LogP) is 6.16. The largest absolute Gasteiger partial charge is 0.494 e. The Labute approximate surface area is 220 Å². The molecule has 0 bridgehead atoms. The monoisotopic (exact) mass is 520 g/mol. The Balaban J connectivity index is 0.000000366. The van der Waals surface area contributed by atoms with Crippen LogP contribution in [0.5, 0.6) is 5.75 Å². The van der Waals surface area contributed by atoms with Crippen molar-refractivity contribution in [1.82, 2.24) is 15.1 Å². The first-order valence-corrected chi connectivity index (χ1v) is 13.1. The molecular formula is C29H33FN4O4. The van der Waals surface area contributed by atoms with E-state index < -0.39 is 5.82 Å². The summed E-state index contributed by atoms with van der Waals surface area (Å²) in [6.07, 6.45) is 6.90. The molecule has 9 heteroatoms. The molecular weight excluding hydrogens is 487 g/mol. The number of aromatic nitrogens is 3. The molecule has 4 aromatic rings. The molecule has 3 heterocycles. The number of rotatable bonds is 4. The minimum atomic E-state index is -0.507. The number of aromatic amines is 1. The van der Waals surface area contributed by atoms with E-state index in [1.54, 1.807) is 11.0 Å². The van der Waals surface area contributed by atoms with E-state index in [9.17, 15) is 9.18 Å². The third-order valence-corrected chi connectivity index (χ3v) is 7.34. The number of hydrogen-bond donors (Lipinski definition) is 2. The number of nitrogens with one attached hydrogen (secondary N) is 1. The number of halogens is 1.